The van der Waals surface area contributed by atoms with Crippen LogP contribution in [-0.2, 0) is 28.2 Å². The lowest BCUT2D eigenvalue weighted by molar-refractivity contribution is -0.250. The molecule has 7 atom stereocenters. The molecule has 1 amide bonds. The van der Waals surface area contributed by atoms with Crippen LogP contribution in [0.25, 0.3) is 0 Å². The number of aliphatic hydroxyl groups excluding tert-OH is 3. The van der Waals surface area contributed by atoms with Gasteiger partial charge in [0, 0.05) is 13.5 Å². The van der Waals surface area contributed by atoms with Crippen LogP contribution in [0, 0.1) is 0 Å². The Morgan fingerprint density at radius 1 is 1.22 bits per heavy atom. The maximum Gasteiger partial charge on any atom is 0.462 e. The molecular formula is C22H33N2O11P. The molecule has 0 bridgehead atoms. The summed E-state index contributed by atoms with van der Waals surface area (Å²) in [6, 6.07) is 3.80. The Kier molecular flexibility index (Phi) is 9.70. The summed E-state index contributed by atoms with van der Waals surface area (Å²) in [5, 5.41) is 33.3. The maximum atomic E-state index is 14.4. The molecule has 2 saturated heterocycles. The van der Waals surface area contributed by atoms with E-state index in [4.69, 9.17) is 23.3 Å². The average Bonchev–Trinajstić information content (AvgIpc) is 3.35. The van der Waals surface area contributed by atoms with E-state index in [1.54, 1.807) is 19.1 Å². The number of ether oxygens (including phenoxy) is 3. The van der Waals surface area contributed by atoms with Gasteiger partial charge >= 0.3 is 13.7 Å². The molecule has 13 nitrogen and oxygen atoms in total. The molecule has 0 aromatic heterocycles. The molecule has 2 unspecified atom stereocenters. The molecule has 14 heteroatoms. The normalized spacial score (nSPS) is 30.3. The number of benzene rings is 1. The van der Waals surface area contributed by atoms with Crippen molar-refractivity contribution in [3.05, 3.63) is 24.3 Å². The molecule has 0 saturated carbocycles. The molecule has 2 heterocycles. The van der Waals surface area contributed by atoms with E-state index in [0.29, 0.717) is 18.6 Å². The Balaban J connectivity index is 2.01. The second-order valence-electron chi connectivity index (χ2n) is 8.34. The van der Waals surface area contributed by atoms with Gasteiger partial charge in [-0.05, 0) is 44.0 Å². The second-order valence-corrected chi connectivity index (χ2v) is 10.2. The van der Waals surface area contributed by atoms with Crippen molar-refractivity contribution in [1.29, 1.82) is 0 Å². The third-order valence-corrected chi connectivity index (χ3v) is 7.94. The van der Waals surface area contributed by atoms with E-state index < -0.39 is 62.9 Å². The van der Waals surface area contributed by atoms with E-state index in [1.165, 1.54) is 30.8 Å². The second kappa shape index (κ2) is 12.3. The Labute approximate surface area is 208 Å². The summed E-state index contributed by atoms with van der Waals surface area (Å²) in [6.45, 7) is 2.39. The minimum Gasteiger partial charge on any atom is -0.497 e. The number of esters is 1. The van der Waals surface area contributed by atoms with E-state index in [0.717, 1.165) is 0 Å². The van der Waals surface area contributed by atoms with Gasteiger partial charge in [-0.15, -0.1) is 0 Å². The highest BCUT2D eigenvalue weighted by atomic mass is 31.2. The fourth-order valence-electron chi connectivity index (χ4n) is 4.18. The molecule has 4 N–H and O–H groups in total. The molecular weight excluding hydrogens is 499 g/mol. The van der Waals surface area contributed by atoms with Crippen molar-refractivity contribution in [2.75, 3.05) is 26.9 Å². The van der Waals surface area contributed by atoms with Gasteiger partial charge < -0.3 is 39.4 Å². The number of rotatable bonds is 10. The van der Waals surface area contributed by atoms with Crippen molar-refractivity contribution in [3.8, 4) is 11.5 Å². The zero-order valence-corrected chi connectivity index (χ0v) is 21.2. The predicted octanol–water partition coefficient (Wildman–Crippen LogP) is 0.170. The monoisotopic (exact) mass is 532 g/mol. The summed E-state index contributed by atoms with van der Waals surface area (Å²) in [5.74, 6) is -0.563. The van der Waals surface area contributed by atoms with Crippen molar-refractivity contribution in [2.45, 2.75) is 63.4 Å². The quantitative estimate of drug-likeness (QED) is 0.238. The summed E-state index contributed by atoms with van der Waals surface area (Å²) in [6.07, 6.45) is -5.35. The summed E-state index contributed by atoms with van der Waals surface area (Å²) >= 11 is 0. The van der Waals surface area contributed by atoms with Gasteiger partial charge in [0.05, 0.1) is 20.3 Å². The number of hydrogen-bond donors (Lipinski definition) is 4. The van der Waals surface area contributed by atoms with E-state index in [-0.39, 0.29) is 18.9 Å². The van der Waals surface area contributed by atoms with Crippen LogP contribution in [-0.4, -0.2) is 95.4 Å². The molecule has 0 spiro atoms. The van der Waals surface area contributed by atoms with Crippen LogP contribution in [0.3, 0.4) is 0 Å². The van der Waals surface area contributed by atoms with Crippen molar-refractivity contribution in [1.82, 2.24) is 9.99 Å². The van der Waals surface area contributed by atoms with Crippen molar-refractivity contribution in [2.24, 2.45) is 0 Å². The van der Waals surface area contributed by atoms with Crippen molar-refractivity contribution >= 4 is 19.6 Å². The van der Waals surface area contributed by atoms with Crippen LogP contribution < -0.4 is 14.6 Å². The molecule has 1 aromatic carbocycles. The fraction of sp³-hybridized carbons (Fsp3) is 0.636. The van der Waals surface area contributed by atoms with Gasteiger partial charge in [0.25, 0.3) is 0 Å². The van der Waals surface area contributed by atoms with Crippen molar-refractivity contribution < 1.29 is 52.7 Å². The van der Waals surface area contributed by atoms with Gasteiger partial charge in [-0.2, -0.15) is 4.67 Å². The van der Waals surface area contributed by atoms with Crippen LogP contribution in [0.4, 0.5) is 0 Å². The van der Waals surface area contributed by atoms with Crippen LogP contribution in [0.5, 0.6) is 11.5 Å². The lowest BCUT2D eigenvalue weighted by Gasteiger charge is -2.44. The first-order valence-electron chi connectivity index (χ1n) is 11.6. The number of amides is 1. The molecule has 2 aliphatic rings. The van der Waals surface area contributed by atoms with Crippen LogP contribution in [0.2, 0.25) is 0 Å². The smallest absolute Gasteiger partial charge is 0.462 e. The van der Waals surface area contributed by atoms with Crippen LogP contribution in [0.15, 0.2) is 24.3 Å². The highest BCUT2D eigenvalue weighted by Crippen LogP contribution is 2.57. The first-order chi connectivity index (χ1) is 17.1. The standard InChI is InChI=1S/C22H33N2O11P/c1-4-32-21(28)16-6-5-11-24(16)36(30,34-15-9-7-14(31-3)8-10-15)35-20-18(23-13(2)26)22(29)33-17(12-25)19(20)27/h7-10,16-20,22,25,27,29H,4-6,11-12H2,1-3H3,(H,23,26)/t16-,17+,18+,19+,20+,22?,36?/m0/s1. The van der Waals surface area contributed by atoms with E-state index in [9.17, 15) is 29.5 Å². The molecule has 2 aliphatic heterocycles. The molecule has 2 fully saturated rings. The predicted molar refractivity (Wildman–Crippen MR) is 124 cm³/mol. The van der Waals surface area contributed by atoms with Gasteiger partial charge in [-0.3, -0.25) is 14.1 Å². The summed E-state index contributed by atoms with van der Waals surface area (Å²) in [7, 11) is -2.98. The lowest BCUT2D eigenvalue weighted by Crippen LogP contribution is -2.64. The summed E-state index contributed by atoms with van der Waals surface area (Å²) in [4.78, 5) is 24.4. The third-order valence-electron chi connectivity index (χ3n) is 5.88. The van der Waals surface area contributed by atoms with E-state index in [1.807, 2.05) is 0 Å². The van der Waals surface area contributed by atoms with Crippen molar-refractivity contribution in [3.63, 3.8) is 0 Å². The topological polar surface area (TPSA) is 173 Å². The summed E-state index contributed by atoms with van der Waals surface area (Å²) in [5.41, 5.74) is 0. The van der Waals surface area contributed by atoms with Gasteiger partial charge in [0.15, 0.2) is 6.29 Å². The van der Waals surface area contributed by atoms with E-state index >= 15 is 0 Å². The van der Waals surface area contributed by atoms with Crippen LogP contribution in [0.1, 0.15) is 26.7 Å². The third kappa shape index (κ3) is 6.35. The van der Waals surface area contributed by atoms with Gasteiger partial charge in [-0.25, -0.2) is 4.57 Å². The number of carbonyl (C=O) groups is 2. The highest BCUT2D eigenvalue weighted by molar-refractivity contribution is 7.51. The van der Waals surface area contributed by atoms with Gasteiger partial charge in [0.2, 0.25) is 5.91 Å². The number of carbonyl (C=O) groups excluding carboxylic acids is 2. The molecule has 36 heavy (non-hydrogen) atoms. The first kappa shape index (κ1) is 28.3. The Bertz CT molecular complexity index is 946. The van der Waals surface area contributed by atoms with Gasteiger partial charge in [-0.1, -0.05) is 0 Å². The minimum absolute atomic E-state index is 0.112. The number of methoxy groups -OCH3 is 1. The number of hydrogen-bond acceptors (Lipinski definition) is 11. The number of nitrogens with zero attached hydrogens (tertiary/aromatic N) is 1. The maximum absolute atomic E-state index is 14.4. The number of aliphatic hydroxyl groups is 3. The zero-order valence-electron chi connectivity index (χ0n) is 20.3. The zero-order chi connectivity index (χ0) is 26.5. The Morgan fingerprint density at radius 2 is 1.89 bits per heavy atom. The molecule has 3 rings (SSSR count). The first-order valence-corrected chi connectivity index (χ1v) is 13.1. The largest absolute Gasteiger partial charge is 0.497 e. The average molecular weight is 532 g/mol. The SMILES string of the molecule is CCOC(=O)[C@@H]1CCCN1P(=O)(Oc1ccc(OC)cc1)O[C@H]1[C@H](O)[C@@H](CO)OC(O)[C@@H]1NC(C)=O. The van der Waals surface area contributed by atoms with Crippen LogP contribution >= 0.6 is 7.75 Å². The lowest BCUT2D eigenvalue weighted by atomic mass is 9.97. The van der Waals surface area contributed by atoms with Gasteiger partial charge in [0.1, 0.15) is 41.9 Å². The molecule has 0 aliphatic carbocycles. The minimum atomic E-state index is -4.46. The Hall–Kier alpha value is -2.25. The Morgan fingerprint density at radius 3 is 2.47 bits per heavy atom. The molecule has 0 radical (unpaired) electrons. The highest BCUT2D eigenvalue weighted by Gasteiger charge is 2.53. The molecule has 202 valence electrons. The number of nitrogens with one attached hydrogen (secondary N) is 1. The molecule has 1 aromatic rings. The fourth-order valence-corrected chi connectivity index (χ4v) is 6.34. The summed E-state index contributed by atoms with van der Waals surface area (Å²) < 4.78 is 42.9. The van der Waals surface area contributed by atoms with E-state index in [2.05, 4.69) is 5.32 Å².